The molecule has 0 spiro atoms. The van der Waals surface area contributed by atoms with E-state index in [1.807, 2.05) is 49.4 Å². The molecule has 28 heavy (non-hydrogen) atoms. The quantitative estimate of drug-likeness (QED) is 0.725. The summed E-state index contributed by atoms with van der Waals surface area (Å²) < 4.78 is 0. The van der Waals surface area contributed by atoms with Crippen molar-refractivity contribution in [2.24, 2.45) is 0 Å². The number of rotatable bonds is 8. The van der Waals surface area contributed by atoms with Gasteiger partial charge in [-0.25, -0.2) is 4.79 Å². The molecule has 6 heteroatoms. The number of para-hydroxylation sites is 1. The summed E-state index contributed by atoms with van der Waals surface area (Å²) >= 11 is 0. The molecular weight excluding hydrogens is 352 g/mol. The lowest BCUT2D eigenvalue weighted by Gasteiger charge is -2.26. The zero-order valence-corrected chi connectivity index (χ0v) is 17.2. The van der Waals surface area contributed by atoms with E-state index in [0.717, 1.165) is 35.7 Å². The molecule has 2 aromatic carbocycles. The van der Waals surface area contributed by atoms with Gasteiger partial charge in [-0.15, -0.1) is 0 Å². The van der Waals surface area contributed by atoms with E-state index < -0.39 is 0 Å². The Morgan fingerprint density at radius 1 is 1.00 bits per heavy atom. The van der Waals surface area contributed by atoms with Crippen molar-refractivity contribution in [3.63, 3.8) is 0 Å². The van der Waals surface area contributed by atoms with Crippen molar-refractivity contribution in [2.75, 3.05) is 41.3 Å². The van der Waals surface area contributed by atoms with Crippen LogP contribution in [0.1, 0.15) is 26.3 Å². The number of anilines is 3. The highest BCUT2D eigenvalue weighted by atomic mass is 16.2. The lowest BCUT2D eigenvalue weighted by atomic mass is 10.1. The van der Waals surface area contributed by atoms with Gasteiger partial charge in [-0.3, -0.25) is 4.79 Å². The number of hydrogen-bond donors (Lipinski definition) is 2. The van der Waals surface area contributed by atoms with Gasteiger partial charge in [-0.05, 0) is 56.7 Å². The molecule has 2 aromatic rings. The molecular formula is C22H30N4O2. The van der Waals surface area contributed by atoms with Gasteiger partial charge in [-0.2, -0.15) is 0 Å². The van der Waals surface area contributed by atoms with Crippen LogP contribution >= 0.6 is 0 Å². The van der Waals surface area contributed by atoms with Gasteiger partial charge in [0.1, 0.15) is 0 Å². The number of aryl methyl sites for hydroxylation is 1. The molecule has 0 atom stereocenters. The number of benzene rings is 2. The summed E-state index contributed by atoms with van der Waals surface area (Å²) in [6.07, 6.45) is 0. The minimum Gasteiger partial charge on any atom is -0.372 e. The summed E-state index contributed by atoms with van der Waals surface area (Å²) in [4.78, 5) is 28.2. The van der Waals surface area contributed by atoms with Gasteiger partial charge in [-0.1, -0.05) is 18.2 Å². The summed E-state index contributed by atoms with van der Waals surface area (Å²) in [5.41, 5.74) is 3.78. The molecule has 0 saturated heterocycles. The first-order chi connectivity index (χ1) is 13.5. The van der Waals surface area contributed by atoms with Crippen LogP contribution in [0.4, 0.5) is 21.9 Å². The third-order valence-electron chi connectivity index (χ3n) is 4.63. The maximum Gasteiger partial charge on any atom is 0.319 e. The van der Waals surface area contributed by atoms with E-state index >= 15 is 0 Å². The highest BCUT2D eigenvalue weighted by Crippen LogP contribution is 2.25. The fourth-order valence-electron chi connectivity index (χ4n) is 3.15. The molecule has 0 radical (unpaired) electrons. The largest absolute Gasteiger partial charge is 0.372 e. The fraction of sp³-hybridized carbons (Fsp3) is 0.364. The summed E-state index contributed by atoms with van der Waals surface area (Å²) in [5, 5.41) is 5.57. The van der Waals surface area contributed by atoms with E-state index in [-0.39, 0.29) is 11.9 Å². The fourth-order valence-corrected chi connectivity index (χ4v) is 3.15. The van der Waals surface area contributed by atoms with Crippen LogP contribution in [0.25, 0.3) is 0 Å². The van der Waals surface area contributed by atoms with Crippen molar-refractivity contribution in [2.45, 2.75) is 27.7 Å². The number of nitrogens with one attached hydrogen (secondary N) is 2. The van der Waals surface area contributed by atoms with Crippen molar-refractivity contribution in [3.05, 3.63) is 54.1 Å². The third kappa shape index (κ3) is 5.74. The molecule has 6 nitrogen and oxygen atoms in total. The molecule has 0 fully saturated rings. The van der Waals surface area contributed by atoms with Gasteiger partial charge in [0.2, 0.25) is 5.91 Å². The van der Waals surface area contributed by atoms with Gasteiger partial charge in [0.15, 0.2) is 0 Å². The second kappa shape index (κ2) is 10.3. The average Bonchev–Trinajstić information content (AvgIpc) is 2.67. The Morgan fingerprint density at radius 2 is 1.68 bits per heavy atom. The minimum absolute atomic E-state index is 0.0519. The van der Waals surface area contributed by atoms with Gasteiger partial charge in [0, 0.05) is 50.2 Å². The Kier molecular flexibility index (Phi) is 7.87. The molecule has 2 rings (SSSR count). The van der Waals surface area contributed by atoms with Crippen molar-refractivity contribution in [3.8, 4) is 0 Å². The molecule has 0 aliphatic rings. The number of carbonyl (C=O) groups is 2. The third-order valence-corrected chi connectivity index (χ3v) is 4.63. The monoisotopic (exact) mass is 382 g/mol. The van der Waals surface area contributed by atoms with E-state index in [0.29, 0.717) is 13.1 Å². The molecule has 0 heterocycles. The second-order valence-electron chi connectivity index (χ2n) is 6.56. The van der Waals surface area contributed by atoms with Crippen LogP contribution in [0.5, 0.6) is 0 Å². The highest BCUT2D eigenvalue weighted by molar-refractivity contribution is 5.93. The van der Waals surface area contributed by atoms with Crippen LogP contribution in [0, 0.1) is 6.92 Å². The molecule has 0 aliphatic heterocycles. The molecule has 0 unspecified atom stereocenters. The summed E-state index contributed by atoms with van der Waals surface area (Å²) in [5.74, 6) is -0.0519. The predicted octanol–water partition coefficient (Wildman–Crippen LogP) is 4.02. The van der Waals surface area contributed by atoms with Crippen LogP contribution in [-0.2, 0) is 4.79 Å². The Morgan fingerprint density at radius 3 is 2.25 bits per heavy atom. The first kappa shape index (κ1) is 21.3. The van der Waals surface area contributed by atoms with E-state index in [4.69, 9.17) is 0 Å². The van der Waals surface area contributed by atoms with Gasteiger partial charge in [0.05, 0.1) is 0 Å². The van der Waals surface area contributed by atoms with Crippen molar-refractivity contribution >= 4 is 29.0 Å². The second-order valence-corrected chi connectivity index (χ2v) is 6.56. The van der Waals surface area contributed by atoms with Gasteiger partial charge in [0.25, 0.3) is 0 Å². The molecule has 0 saturated carbocycles. The predicted molar refractivity (Wildman–Crippen MR) is 116 cm³/mol. The summed E-state index contributed by atoms with van der Waals surface area (Å²) in [7, 11) is 0. The molecule has 0 aromatic heterocycles. The molecule has 0 aliphatic carbocycles. The summed E-state index contributed by atoms with van der Waals surface area (Å²) in [6, 6.07) is 15.1. The Bertz CT molecular complexity index is 788. The van der Waals surface area contributed by atoms with E-state index in [9.17, 15) is 9.59 Å². The van der Waals surface area contributed by atoms with Gasteiger partial charge < -0.3 is 20.4 Å². The highest BCUT2D eigenvalue weighted by Gasteiger charge is 2.15. The van der Waals surface area contributed by atoms with E-state index in [1.165, 1.54) is 0 Å². The average molecular weight is 383 g/mol. The van der Waals surface area contributed by atoms with Crippen molar-refractivity contribution in [1.82, 2.24) is 5.32 Å². The number of urea groups is 1. The lowest BCUT2D eigenvalue weighted by Crippen LogP contribution is -2.39. The Labute approximate surface area is 167 Å². The molecule has 0 bridgehead atoms. The number of amides is 3. The van der Waals surface area contributed by atoms with Crippen LogP contribution in [0.2, 0.25) is 0 Å². The normalized spacial score (nSPS) is 10.3. The first-order valence-electron chi connectivity index (χ1n) is 9.69. The SMILES string of the molecule is CCN(CC)c1ccc(N(CCNC(=O)Nc2ccccc2)C(C)=O)c(C)c1. The Balaban J connectivity index is 1.99. The van der Waals surface area contributed by atoms with Crippen LogP contribution < -0.4 is 20.4 Å². The molecule has 3 amide bonds. The first-order valence-corrected chi connectivity index (χ1v) is 9.69. The molecule has 2 N–H and O–H groups in total. The number of hydrogen-bond acceptors (Lipinski definition) is 3. The summed E-state index contributed by atoms with van der Waals surface area (Å²) in [6.45, 7) is 10.4. The maximum atomic E-state index is 12.2. The van der Waals surface area contributed by atoms with Crippen molar-refractivity contribution < 1.29 is 9.59 Å². The van der Waals surface area contributed by atoms with Crippen LogP contribution in [0.3, 0.4) is 0 Å². The smallest absolute Gasteiger partial charge is 0.319 e. The van der Waals surface area contributed by atoms with Crippen LogP contribution in [0.15, 0.2) is 48.5 Å². The van der Waals surface area contributed by atoms with Gasteiger partial charge >= 0.3 is 6.03 Å². The van der Waals surface area contributed by atoms with Crippen molar-refractivity contribution in [1.29, 1.82) is 0 Å². The molecule has 150 valence electrons. The van der Waals surface area contributed by atoms with E-state index in [1.54, 1.807) is 11.8 Å². The minimum atomic E-state index is -0.289. The van der Waals surface area contributed by atoms with E-state index in [2.05, 4.69) is 35.4 Å². The standard InChI is InChI=1S/C22H30N4O2/c1-5-25(6-2)20-12-13-21(17(3)16-20)26(18(4)27)15-14-23-22(28)24-19-10-8-7-9-11-19/h7-13,16H,5-6,14-15H2,1-4H3,(H2,23,24,28). The topological polar surface area (TPSA) is 64.7 Å². The van der Waals surface area contributed by atoms with Crippen LogP contribution in [-0.4, -0.2) is 38.1 Å². The lowest BCUT2D eigenvalue weighted by molar-refractivity contribution is -0.116. The number of carbonyl (C=O) groups excluding carboxylic acids is 2. The Hall–Kier alpha value is -3.02. The maximum absolute atomic E-state index is 12.2. The number of nitrogens with zero attached hydrogens (tertiary/aromatic N) is 2. The zero-order chi connectivity index (χ0) is 20.5. The zero-order valence-electron chi connectivity index (χ0n) is 17.2.